The number of rotatable bonds is 6. The van der Waals surface area contributed by atoms with Gasteiger partial charge in [-0.1, -0.05) is 13.3 Å². The lowest BCUT2D eigenvalue weighted by Crippen LogP contribution is -2.42. The average molecular weight is 345 g/mol. The molecule has 0 aliphatic heterocycles. The molecule has 0 saturated heterocycles. The van der Waals surface area contributed by atoms with E-state index in [0.29, 0.717) is 11.3 Å². The van der Waals surface area contributed by atoms with Crippen LogP contribution in [0, 0.1) is 0 Å². The number of nitrogens with one attached hydrogen (secondary N) is 3. The number of aromatic amines is 1. The number of unbranched alkanes of at least 4 members (excludes halogenated alkanes) is 1. The summed E-state index contributed by atoms with van der Waals surface area (Å²) in [6.45, 7) is 8.52. The second-order valence-corrected chi connectivity index (χ2v) is 7.10. The van der Waals surface area contributed by atoms with Crippen LogP contribution in [0.15, 0.2) is 23.0 Å². The maximum atomic E-state index is 12.5. The highest BCUT2D eigenvalue weighted by Crippen LogP contribution is 2.31. The zero-order valence-corrected chi connectivity index (χ0v) is 15.6. The van der Waals surface area contributed by atoms with E-state index >= 15 is 0 Å². The number of benzene rings is 1. The van der Waals surface area contributed by atoms with Crippen LogP contribution in [-0.2, 0) is 0 Å². The first-order valence-corrected chi connectivity index (χ1v) is 8.57. The summed E-state index contributed by atoms with van der Waals surface area (Å²) in [7, 11) is 1.59. The van der Waals surface area contributed by atoms with Crippen LogP contribution in [0.2, 0.25) is 0 Å². The lowest BCUT2D eigenvalue weighted by molar-refractivity contribution is 0.0918. The normalized spacial score (nSPS) is 11.4. The molecule has 1 aromatic carbocycles. The Hall–Kier alpha value is -2.50. The van der Waals surface area contributed by atoms with Crippen LogP contribution < -0.4 is 20.9 Å². The van der Waals surface area contributed by atoms with Gasteiger partial charge in [0.1, 0.15) is 17.0 Å². The van der Waals surface area contributed by atoms with Gasteiger partial charge in [0.2, 0.25) is 0 Å². The zero-order chi connectivity index (χ0) is 18.6. The van der Waals surface area contributed by atoms with Gasteiger partial charge in [0, 0.05) is 17.5 Å². The summed E-state index contributed by atoms with van der Waals surface area (Å²) in [5.41, 5.74) is 0.667. The van der Waals surface area contributed by atoms with Gasteiger partial charge in [0.15, 0.2) is 0 Å². The molecule has 3 N–H and O–H groups in total. The van der Waals surface area contributed by atoms with Gasteiger partial charge in [-0.3, -0.25) is 9.59 Å². The second-order valence-electron chi connectivity index (χ2n) is 7.10. The molecule has 0 aliphatic carbocycles. The summed E-state index contributed by atoms with van der Waals surface area (Å²) in [6.07, 6.45) is 2.07. The lowest BCUT2D eigenvalue weighted by Gasteiger charge is -2.20. The van der Waals surface area contributed by atoms with E-state index in [-0.39, 0.29) is 11.5 Å². The van der Waals surface area contributed by atoms with Crippen LogP contribution >= 0.6 is 0 Å². The highest BCUT2D eigenvalue weighted by atomic mass is 16.5. The molecule has 0 unspecified atom stereocenters. The smallest absolute Gasteiger partial charge is 0.261 e. The molecular weight excluding hydrogens is 318 g/mol. The van der Waals surface area contributed by atoms with Crippen molar-refractivity contribution in [2.45, 2.75) is 46.1 Å². The molecule has 2 rings (SSSR count). The van der Waals surface area contributed by atoms with Gasteiger partial charge in [0.05, 0.1) is 12.6 Å². The van der Waals surface area contributed by atoms with E-state index in [1.54, 1.807) is 13.2 Å². The second kappa shape index (κ2) is 7.59. The summed E-state index contributed by atoms with van der Waals surface area (Å²) in [4.78, 5) is 27.7. The highest BCUT2D eigenvalue weighted by molar-refractivity contribution is 6.00. The van der Waals surface area contributed by atoms with Crippen LogP contribution in [0.5, 0.6) is 5.75 Å². The monoisotopic (exact) mass is 345 g/mol. The number of hydrogen-bond acceptors (Lipinski definition) is 4. The van der Waals surface area contributed by atoms with Crippen LogP contribution in [0.4, 0.5) is 5.69 Å². The van der Waals surface area contributed by atoms with Crippen molar-refractivity contribution in [1.29, 1.82) is 0 Å². The minimum absolute atomic E-state index is 0.104. The number of pyridine rings is 1. The Morgan fingerprint density at radius 2 is 2.00 bits per heavy atom. The molecule has 2 aromatic rings. The summed E-state index contributed by atoms with van der Waals surface area (Å²) in [5, 5.41) is 6.92. The van der Waals surface area contributed by atoms with Crippen LogP contribution in [0.3, 0.4) is 0 Å². The zero-order valence-electron chi connectivity index (χ0n) is 15.6. The first-order chi connectivity index (χ1) is 11.8. The molecule has 6 nitrogen and oxygen atoms in total. The Morgan fingerprint density at radius 1 is 1.28 bits per heavy atom. The number of methoxy groups -OCH3 is 1. The van der Waals surface area contributed by atoms with Crippen molar-refractivity contribution >= 4 is 22.5 Å². The van der Waals surface area contributed by atoms with E-state index in [1.165, 1.54) is 0 Å². The predicted molar refractivity (Wildman–Crippen MR) is 102 cm³/mol. The fraction of sp³-hybridized carbons (Fsp3) is 0.474. The number of aromatic nitrogens is 1. The summed E-state index contributed by atoms with van der Waals surface area (Å²) in [5.74, 6) is 0.276. The number of hydrogen-bond donors (Lipinski definition) is 3. The predicted octanol–water partition coefficient (Wildman–Crippen LogP) is 3.28. The van der Waals surface area contributed by atoms with E-state index in [1.807, 2.05) is 32.9 Å². The minimum Gasteiger partial charge on any atom is -0.495 e. The maximum Gasteiger partial charge on any atom is 0.261 e. The Morgan fingerprint density at radius 3 is 2.60 bits per heavy atom. The SMILES string of the molecule is CCCCNc1c(OC)ccc2cc(C(=O)NC(C)(C)C)c(=O)[nH]c12. The Kier molecular flexibility index (Phi) is 5.72. The van der Waals surface area contributed by atoms with Gasteiger partial charge in [-0.15, -0.1) is 0 Å². The Labute approximate surface area is 148 Å². The third-order valence-electron chi connectivity index (χ3n) is 3.77. The third kappa shape index (κ3) is 4.53. The number of carbonyl (C=O) groups excluding carboxylic acids is 1. The van der Waals surface area contributed by atoms with Gasteiger partial charge >= 0.3 is 0 Å². The average Bonchev–Trinajstić information content (AvgIpc) is 2.53. The van der Waals surface area contributed by atoms with Gasteiger partial charge in [-0.2, -0.15) is 0 Å². The number of fused-ring (bicyclic) bond motifs is 1. The molecule has 25 heavy (non-hydrogen) atoms. The van der Waals surface area contributed by atoms with Crippen LogP contribution in [0.1, 0.15) is 50.9 Å². The third-order valence-corrected chi connectivity index (χ3v) is 3.77. The van der Waals surface area contributed by atoms with Crippen molar-refractivity contribution in [2.24, 2.45) is 0 Å². The van der Waals surface area contributed by atoms with Gasteiger partial charge in [0.25, 0.3) is 11.5 Å². The molecule has 0 fully saturated rings. The minimum atomic E-state index is -0.416. The van der Waals surface area contributed by atoms with Gasteiger partial charge in [-0.05, 0) is 45.4 Å². The van der Waals surface area contributed by atoms with Crippen molar-refractivity contribution < 1.29 is 9.53 Å². The highest BCUT2D eigenvalue weighted by Gasteiger charge is 2.19. The van der Waals surface area contributed by atoms with E-state index in [2.05, 4.69) is 22.5 Å². The molecule has 1 amide bonds. The van der Waals surface area contributed by atoms with Crippen molar-refractivity contribution in [3.8, 4) is 5.75 Å². The summed E-state index contributed by atoms with van der Waals surface area (Å²) < 4.78 is 5.40. The molecule has 1 heterocycles. The molecule has 0 saturated carbocycles. The quantitative estimate of drug-likeness (QED) is 0.702. The number of carbonyl (C=O) groups is 1. The molecule has 0 radical (unpaired) electrons. The molecular formula is C19H27N3O3. The van der Waals surface area contributed by atoms with E-state index in [0.717, 1.165) is 30.5 Å². The van der Waals surface area contributed by atoms with Gasteiger partial charge in [-0.25, -0.2) is 0 Å². The lowest BCUT2D eigenvalue weighted by atomic mass is 10.1. The first kappa shape index (κ1) is 18.8. The fourth-order valence-electron chi connectivity index (χ4n) is 2.57. The Bertz CT molecular complexity index is 819. The van der Waals surface area contributed by atoms with Crippen LogP contribution in [-0.4, -0.2) is 30.1 Å². The summed E-state index contributed by atoms with van der Waals surface area (Å²) >= 11 is 0. The topological polar surface area (TPSA) is 83.2 Å². The molecule has 0 bridgehead atoms. The molecule has 6 heteroatoms. The maximum absolute atomic E-state index is 12.5. The van der Waals surface area contributed by atoms with E-state index in [9.17, 15) is 9.59 Å². The van der Waals surface area contributed by atoms with Crippen molar-refractivity contribution in [1.82, 2.24) is 10.3 Å². The molecule has 0 atom stereocenters. The molecule has 1 aromatic heterocycles. The number of anilines is 1. The van der Waals surface area contributed by atoms with Gasteiger partial charge < -0.3 is 20.4 Å². The van der Waals surface area contributed by atoms with Crippen molar-refractivity contribution in [3.05, 3.63) is 34.1 Å². The van der Waals surface area contributed by atoms with E-state index < -0.39 is 11.1 Å². The fourth-order valence-corrected chi connectivity index (χ4v) is 2.57. The number of H-pyrrole nitrogens is 1. The van der Waals surface area contributed by atoms with Crippen molar-refractivity contribution in [3.63, 3.8) is 0 Å². The van der Waals surface area contributed by atoms with Crippen molar-refractivity contribution in [2.75, 3.05) is 19.0 Å². The number of ether oxygens (including phenoxy) is 1. The van der Waals surface area contributed by atoms with E-state index in [4.69, 9.17) is 4.74 Å². The summed E-state index contributed by atoms with van der Waals surface area (Å²) in [6, 6.07) is 5.29. The molecule has 0 spiro atoms. The van der Waals surface area contributed by atoms with Crippen LogP contribution in [0.25, 0.3) is 10.9 Å². The largest absolute Gasteiger partial charge is 0.495 e. The molecule has 0 aliphatic rings. The standard InChI is InChI=1S/C19H27N3O3/c1-6-7-10-20-16-14(25-5)9-8-12-11-13(17(23)21-15(12)16)18(24)22-19(2,3)4/h8-9,11,20H,6-7,10H2,1-5H3,(H,21,23)(H,22,24). The number of amides is 1. The first-order valence-electron chi connectivity index (χ1n) is 8.57. The Balaban J connectivity index is 2.50. The molecule has 136 valence electrons.